The first kappa shape index (κ1) is 22.9. The average molecular weight is 453 g/mol. The first-order valence-corrected chi connectivity index (χ1v) is 10.7. The van der Waals surface area contributed by atoms with Crippen molar-refractivity contribution >= 4 is 5.91 Å². The second-order valence-corrected chi connectivity index (χ2v) is 8.04. The van der Waals surface area contributed by atoms with Crippen LogP contribution in [0.2, 0.25) is 0 Å². The molecule has 1 aliphatic rings. The number of rotatable bonds is 8. The van der Waals surface area contributed by atoms with Crippen LogP contribution in [0.4, 0.5) is 0 Å². The number of nitrogens with zero attached hydrogens (tertiary/aromatic N) is 3. The molecule has 0 radical (unpaired) electrons. The SMILES string of the molecule is Cc1cc2c(cc1C(c1ccccc1)n1cccn1)C(=O)N(C([C@@H](O)CO)[C@@H](O)CO)CO2. The van der Waals surface area contributed by atoms with Gasteiger partial charge in [-0.1, -0.05) is 30.3 Å². The third-order valence-corrected chi connectivity index (χ3v) is 5.94. The molecule has 174 valence electrons. The molecule has 1 aliphatic heterocycles. The Balaban J connectivity index is 1.79. The zero-order valence-corrected chi connectivity index (χ0v) is 18.2. The lowest BCUT2D eigenvalue weighted by Crippen LogP contribution is -2.57. The maximum atomic E-state index is 13.4. The highest BCUT2D eigenvalue weighted by Gasteiger charge is 2.39. The number of carbonyl (C=O) groups is 1. The van der Waals surface area contributed by atoms with Gasteiger partial charge in [-0.2, -0.15) is 5.10 Å². The average Bonchev–Trinajstić information content (AvgIpc) is 3.36. The molecule has 4 rings (SSSR count). The maximum absolute atomic E-state index is 13.4. The largest absolute Gasteiger partial charge is 0.472 e. The molecule has 1 amide bonds. The van der Waals surface area contributed by atoms with Crippen molar-refractivity contribution in [1.29, 1.82) is 0 Å². The fourth-order valence-electron chi connectivity index (χ4n) is 4.28. The second kappa shape index (κ2) is 9.72. The first-order chi connectivity index (χ1) is 16.0. The molecule has 0 saturated heterocycles. The van der Waals surface area contributed by atoms with E-state index >= 15 is 0 Å². The Morgan fingerprint density at radius 3 is 2.36 bits per heavy atom. The molecule has 0 aliphatic carbocycles. The van der Waals surface area contributed by atoms with Crippen molar-refractivity contribution in [3.8, 4) is 5.75 Å². The number of hydrogen-bond acceptors (Lipinski definition) is 7. The number of aliphatic hydroxyl groups excluding tert-OH is 4. The Kier molecular flexibility index (Phi) is 6.75. The van der Waals surface area contributed by atoms with E-state index < -0.39 is 37.4 Å². The lowest BCUT2D eigenvalue weighted by molar-refractivity contribution is -0.0727. The van der Waals surface area contributed by atoms with Gasteiger partial charge in [-0.05, 0) is 41.8 Å². The van der Waals surface area contributed by atoms with Crippen LogP contribution in [0.15, 0.2) is 60.9 Å². The molecule has 2 aromatic carbocycles. The third kappa shape index (κ3) is 4.36. The van der Waals surface area contributed by atoms with E-state index in [4.69, 9.17) is 4.74 Å². The number of fused-ring (bicyclic) bond motifs is 1. The Hall–Kier alpha value is -3.24. The van der Waals surface area contributed by atoms with E-state index in [0.29, 0.717) is 5.75 Å². The molecular weight excluding hydrogens is 426 g/mol. The molecule has 3 aromatic rings. The van der Waals surface area contributed by atoms with E-state index in [-0.39, 0.29) is 18.3 Å². The van der Waals surface area contributed by atoms with Crippen LogP contribution < -0.4 is 4.74 Å². The number of hydrogen-bond donors (Lipinski definition) is 4. The molecule has 0 bridgehead atoms. The summed E-state index contributed by atoms with van der Waals surface area (Å²) in [4.78, 5) is 14.6. The summed E-state index contributed by atoms with van der Waals surface area (Å²) >= 11 is 0. The van der Waals surface area contributed by atoms with Gasteiger partial charge in [-0.25, -0.2) is 0 Å². The van der Waals surface area contributed by atoms with Crippen molar-refractivity contribution in [2.24, 2.45) is 0 Å². The monoisotopic (exact) mass is 453 g/mol. The minimum atomic E-state index is -1.45. The van der Waals surface area contributed by atoms with Crippen LogP contribution in [0.3, 0.4) is 0 Å². The standard InChI is InChI=1S/C24H27N3O6/c1-15-10-21-18(24(32)26(14-33-21)23(19(30)12-28)20(31)13-29)11-17(15)22(27-9-5-8-25-27)16-6-3-2-4-7-16/h2-11,19-20,22-23,28-31H,12-14H2,1H3/t19-,20-,22?/m0/s1. The van der Waals surface area contributed by atoms with Gasteiger partial charge in [0.1, 0.15) is 24.0 Å². The van der Waals surface area contributed by atoms with Crippen LogP contribution in [0.25, 0.3) is 0 Å². The summed E-state index contributed by atoms with van der Waals surface area (Å²) in [6, 6.07) is 13.6. The van der Waals surface area contributed by atoms with Gasteiger partial charge >= 0.3 is 0 Å². The zero-order chi connectivity index (χ0) is 23.5. The molecule has 3 atom stereocenters. The predicted octanol–water partition coefficient (Wildman–Crippen LogP) is 0.696. The summed E-state index contributed by atoms with van der Waals surface area (Å²) in [7, 11) is 0. The molecule has 0 spiro atoms. The summed E-state index contributed by atoms with van der Waals surface area (Å²) in [5.74, 6) is -0.0877. The van der Waals surface area contributed by atoms with E-state index in [1.54, 1.807) is 18.3 Å². The highest BCUT2D eigenvalue weighted by molar-refractivity contribution is 5.98. The second-order valence-electron chi connectivity index (χ2n) is 8.04. The summed E-state index contributed by atoms with van der Waals surface area (Å²) in [6.07, 6.45) is 0.642. The fraction of sp³-hybridized carbons (Fsp3) is 0.333. The van der Waals surface area contributed by atoms with Crippen LogP contribution in [0.1, 0.15) is 33.1 Å². The number of aryl methyl sites for hydroxylation is 1. The normalized spacial score (nSPS) is 16.3. The van der Waals surface area contributed by atoms with E-state index in [1.807, 2.05) is 54.2 Å². The molecule has 9 nitrogen and oxygen atoms in total. The quantitative estimate of drug-likeness (QED) is 0.395. The predicted molar refractivity (Wildman–Crippen MR) is 119 cm³/mol. The van der Waals surface area contributed by atoms with Crippen LogP contribution in [0, 0.1) is 6.92 Å². The molecule has 2 heterocycles. The molecule has 33 heavy (non-hydrogen) atoms. The van der Waals surface area contributed by atoms with Crippen molar-refractivity contribution in [2.75, 3.05) is 19.9 Å². The minimum absolute atomic E-state index is 0.231. The molecular formula is C24H27N3O6. The van der Waals surface area contributed by atoms with Gasteiger partial charge in [0.2, 0.25) is 0 Å². The van der Waals surface area contributed by atoms with Crippen LogP contribution in [-0.4, -0.2) is 79.2 Å². The van der Waals surface area contributed by atoms with Crippen molar-refractivity contribution in [3.63, 3.8) is 0 Å². The molecule has 4 N–H and O–H groups in total. The highest BCUT2D eigenvalue weighted by atomic mass is 16.5. The van der Waals surface area contributed by atoms with Crippen LogP contribution in [0.5, 0.6) is 5.75 Å². The van der Waals surface area contributed by atoms with Crippen molar-refractivity contribution in [3.05, 3.63) is 83.2 Å². The van der Waals surface area contributed by atoms with Gasteiger partial charge in [0.25, 0.3) is 5.91 Å². The van der Waals surface area contributed by atoms with Gasteiger partial charge in [0, 0.05) is 12.4 Å². The molecule has 0 saturated carbocycles. The summed E-state index contributed by atoms with van der Waals surface area (Å²) in [5, 5.41) is 43.7. The number of ether oxygens (including phenoxy) is 1. The Bertz CT molecular complexity index is 1080. The lowest BCUT2D eigenvalue weighted by atomic mass is 9.92. The number of amides is 1. The fourth-order valence-corrected chi connectivity index (χ4v) is 4.28. The van der Waals surface area contributed by atoms with Crippen molar-refractivity contribution in [2.45, 2.75) is 31.2 Å². The topological polar surface area (TPSA) is 128 Å². The highest BCUT2D eigenvalue weighted by Crippen LogP contribution is 2.36. The van der Waals surface area contributed by atoms with Crippen molar-refractivity contribution < 1.29 is 30.0 Å². The summed E-state index contributed by atoms with van der Waals surface area (Å²) in [5.41, 5.74) is 2.98. The Morgan fingerprint density at radius 1 is 1.06 bits per heavy atom. The molecule has 1 aromatic heterocycles. The molecule has 9 heteroatoms. The third-order valence-electron chi connectivity index (χ3n) is 5.94. The van der Waals surface area contributed by atoms with Crippen LogP contribution >= 0.6 is 0 Å². The summed E-state index contributed by atoms with van der Waals surface area (Å²) in [6.45, 7) is 0.327. The summed E-state index contributed by atoms with van der Waals surface area (Å²) < 4.78 is 7.60. The Labute approximate surface area is 191 Å². The Morgan fingerprint density at radius 2 is 1.76 bits per heavy atom. The van der Waals surface area contributed by atoms with E-state index in [2.05, 4.69) is 5.10 Å². The van der Waals surface area contributed by atoms with E-state index in [1.165, 1.54) is 0 Å². The maximum Gasteiger partial charge on any atom is 0.260 e. The van der Waals surface area contributed by atoms with Crippen molar-refractivity contribution in [1.82, 2.24) is 14.7 Å². The zero-order valence-electron chi connectivity index (χ0n) is 18.2. The van der Waals surface area contributed by atoms with Gasteiger partial charge < -0.3 is 25.2 Å². The van der Waals surface area contributed by atoms with Gasteiger partial charge in [-0.3, -0.25) is 14.4 Å². The van der Waals surface area contributed by atoms with E-state index in [9.17, 15) is 25.2 Å². The minimum Gasteiger partial charge on any atom is -0.472 e. The van der Waals surface area contributed by atoms with Gasteiger partial charge in [0.15, 0.2) is 6.73 Å². The van der Waals surface area contributed by atoms with E-state index in [0.717, 1.165) is 21.6 Å². The van der Waals surface area contributed by atoms with Gasteiger partial charge in [0.05, 0.1) is 24.8 Å². The number of aliphatic hydroxyl groups is 4. The molecule has 0 fully saturated rings. The first-order valence-electron chi connectivity index (χ1n) is 10.7. The number of aromatic nitrogens is 2. The van der Waals surface area contributed by atoms with Gasteiger partial charge in [-0.15, -0.1) is 0 Å². The smallest absolute Gasteiger partial charge is 0.260 e. The molecule has 1 unspecified atom stereocenters. The number of benzene rings is 2. The lowest BCUT2D eigenvalue weighted by Gasteiger charge is -2.39. The van der Waals surface area contributed by atoms with Crippen LogP contribution in [-0.2, 0) is 0 Å². The number of carbonyl (C=O) groups excluding carboxylic acids is 1.